The van der Waals surface area contributed by atoms with Crippen LogP contribution >= 0.6 is 31.9 Å². The summed E-state index contributed by atoms with van der Waals surface area (Å²) in [4.78, 5) is 11.9. The van der Waals surface area contributed by atoms with E-state index in [1.807, 2.05) is 0 Å². The largest absolute Gasteiger partial charge is 0.299 e. The quantitative estimate of drug-likeness (QED) is 0.626. The van der Waals surface area contributed by atoms with E-state index in [4.69, 9.17) is 0 Å². The fourth-order valence-corrected chi connectivity index (χ4v) is 5.21. The first-order valence-corrected chi connectivity index (χ1v) is 6.23. The maximum atomic E-state index is 11.9. The number of Topliss-reactive ketones (excluding diaryl/α,β-unsaturated/α-hetero) is 1. The Morgan fingerprint density at radius 3 is 2.08 bits per heavy atom. The van der Waals surface area contributed by atoms with Crippen molar-refractivity contribution in [1.29, 1.82) is 0 Å². The summed E-state index contributed by atoms with van der Waals surface area (Å²) in [5.41, 5.74) is -0.123. The zero-order valence-electron chi connectivity index (χ0n) is 8.16. The van der Waals surface area contributed by atoms with Crippen molar-refractivity contribution in [3.05, 3.63) is 0 Å². The normalized spacial score (nSPS) is 45.6. The summed E-state index contributed by atoms with van der Waals surface area (Å²) >= 11 is 7.33. The summed E-state index contributed by atoms with van der Waals surface area (Å²) < 4.78 is -0.170. The minimum Gasteiger partial charge on any atom is -0.299 e. The van der Waals surface area contributed by atoms with Crippen LogP contribution in [0.3, 0.4) is 0 Å². The molecule has 2 aliphatic rings. The third kappa shape index (κ3) is 0.909. The lowest BCUT2D eigenvalue weighted by Gasteiger charge is -2.39. The van der Waals surface area contributed by atoms with Gasteiger partial charge in [-0.2, -0.15) is 0 Å². The average molecular weight is 310 g/mol. The zero-order valence-corrected chi connectivity index (χ0v) is 11.3. The van der Waals surface area contributed by atoms with Crippen LogP contribution in [0.2, 0.25) is 0 Å². The van der Waals surface area contributed by atoms with E-state index in [-0.39, 0.29) is 14.1 Å². The van der Waals surface area contributed by atoms with Crippen LogP contribution in [0.15, 0.2) is 0 Å². The van der Waals surface area contributed by atoms with Crippen LogP contribution in [0.5, 0.6) is 0 Å². The molecule has 2 atom stereocenters. The summed E-state index contributed by atoms with van der Waals surface area (Å²) in [5, 5.41) is 0. The van der Waals surface area contributed by atoms with Gasteiger partial charge in [0.1, 0.15) is 5.78 Å². The van der Waals surface area contributed by atoms with Crippen LogP contribution in [0.4, 0.5) is 0 Å². The molecule has 2 saturated carbocycles. The number of ketones is 1. The summed E-state index contributed by atoms with van der Waals surface area (Å²) in [6.07, 6.45) is 1.82. The van der Waals surface area contributed by atoms with E-state index in [9.17, 15) is 4.79 Å². The highest BCUT2D eigenvalue weighted by Gasteiger charge is 2.71. The Morgan fingerprint density at radius 2 is 1.85 bits per heavy atom. The summed E-state index contributed by atoms with van der Waals surface area (Å²) in [6.45, 7) is 6.52. The molecule has 3 heteroatoms. The Balaban J connectivity index is 2.58. The van der Waals surface area contributed by atoms with E-state index in [0.717, 1.165) is 12.8 Å². The lowest BCUT2D eigenvalue weighted by atomic mass is 9.70. The number of carbonyl (C=O) groups is 1. The highest BCUT2D eigenvalue weighted by molar-refractivity contribution is 9.25. The lowest BCUT2D eigenvalue weighted by Crippen LogP contribution is -2.44. The Labute approximate surface area is 95.9 Å². The number of hydrogen-bond acceptors (Lipinski definition) is 1. The SMILES string of the molecule is CC1(C)C2CC(=O)C1(C)C(Br)(Br)C2. The summed E-state index contributed by atoms with van der Waals surface area (Å²) in [7, 11) is 0. The van der Waals surface area contributed by atoms with Crippen LogP contribution in [0.25, 0.3) is 0 Å². The van der Waals surface area contributed by atoms with E-state index in [1.54, 1.807) is 0 Å². The van der Waals surface area contributed by atoms with Crippen molar-refractivity contribution in [3.63, 3.8) is 0 Å². The van der Waals surface area contributed by atoms with Crippen molar-refractivity contribution in [2.75, 3.05) is 0 Å². The second-order valence-electron chi connectivity index (χ2n) is 5.08. The average Bonchev–Trinajstić information content (AvgIpc) is 2.18. The molecule has 0 spiro atoms. The molecule has 74 valence electrons. The third-order valence-electron chi connectivity index (χ3n) is 4.53. The highest BCUT2D eigenvalue weighted by Crippen LogP contribution is 2.72. The summed E-state index contributed by atoms with van der Waals surface area (Å²) in [6, 6.07) is 0. The first-order chi connectivity index (χ1) is 5.73. The van der Waals surface area contributed by atoms with Crippen molar-refractivity contribution in [2.45, 2.75) is 36.8 Å². The first-order valence-electron chi connectivity index (χ1n) is 4.64. The minimum atomic E-state index is -0.245. The molecular formula is C10H14Br2O. The topological polar surface area (TPSA) is 17.1 Å². The highest BCUT2D eigenvalue weighted by atomic mass is 79.9. The molecular weight excluding hydrogens is 296 g/mol. The van der Waals surface area contributed by atoms with Crippen LogP contribution in [0, 0.1) is 16.7 Å². The number of hydrogen-bond donors (Lipinski definition) is 0. The summed E-state index contributed by atoms with van der Waals surface area (Å²) in [5.74, 6) is 0.936. The van der Waals surface area contributed by atoms with Gasteiger partial charge in [0.25, 0.3) is 0 Å². The molecule has 0 aromatic heterocycles. The Kier molecular flexibility index (Phi) is 1.88. The van der Waals surface area contributed by atoms with Gasteiger partial charge in [0.15, 0.2) is 0 Å². The molecule has 0 amide bonds. The second-order valence-corrected chi connectivity index (χ2v) is 8.85. The van der Waals surface area contributed by atoms with E-state index < -0.39 is 0 Å². The van der Waals surface area contributed by atoms with E-state index >= 15 is 0 Å². The number of halogens is 2. The van der Waals surface area contributed by atoms with Crippen LogP contribution < -0.4 is 0 Å². The van der Waals surface area contributed by atoms with Gasteiger partial charge < -0.3 is 0 Å². The number of fused-ring (bicyclic) bond motifs is 2. The van der Waals surface area contributed by atoms with Crippen LogP contribution in [-0.2, 0) is 4.79 Å². The van der Waals surface area contributed by atoms with Crippen molar-refractivity contribution >= 4 is 37.6 Å². The maximum Gasteiger partial charge on any atom is 0.141 e. The molecule has 2 fully saturated rings. The fourth-order valence-electron chi connectivity index (χ4n) is 2.97. The Morgan fingerprint density at radius 1 is 1.31 bits per heavy atom. The molecule has 0 aromatic rings. The molecule has 13 heavy (non-hydrogen) atoms. The Hall–Kier alpha value is 0.630. The number of rotatable bonds is 0. The molecule has 0 heterocycles. The molecule has 2 rings (SSSR count). The van der Waals surface area contributed by atoms with Gasteiger partial charge in [-0.05, 0) is 24.7 Å². The van der Waals surface area contributed by atoms with E-state index in [1.165, 1.54) is 0 Å². The van der Waals surface area contributed by atoms with Gasteiger partial charge in [0.05, 0.1) is 8.65 Å². The van der Waals surface area contributed by atoms with Gasteiger partial charge in [-0.3, -0.25) is 4.79 Å². The second kappa shape index (κ2) is 2.41. The van der Waals surface area contributed by atoms with Gasteiger partial charge in [0.2, 0.25) is 0 Å². The fraction of sp³-hybridized carbons (Fsp3) is 0.900. The van der Waals surface area contributed by atoms with Crippen molar-refractivity contribution in [1.82, 2.24) is 0 Å². The van der Waals surface area contributed by atoms with Crippen molar-refractivity contribution in [3.8, 4) is 0 Å². The molecule has 2 aliphatic carbocycles. The first kappa shape index (κ1) is 10.2. The van der Waals surface area contributed by atoms with Gasteiger partial charge in [-0.25, -0.2) is 0 Å². The molecule has 2 bridgehead atoms. The molecule has 0 aromatic carbocycles. The Bertz CT molecular complexity index is 283. The van der Waals surface area contributed by atoms with Gasteiger partial charge in [0, 0.05) is 6.42 Å². The van der Waals surface area contributed by atoms with Gasteiger partial charge >= 0.3 is 0 Å². The third-order valence-corrected chi connectivity index (χ3v) is 6.77. The predicted octanol–water partition coefficient (Wildman–Crippen LogP) is 3.50. The predicted molar refractivity (Wildman–Crippen MR) is 60.2 cm³/mol. The molecule has 0 N–H and O–H groups in total. The van der Waals surface area contributed by atoms with Gasteiger partial charge in [-0.1, -0.05) is 45.7 Å². The molecule has 2 unspecified atom stereocenters. The van der Waals surface area contributed by atoms with Crippen LogP contribution in [0.1, 0.15) is 33.6 Å². The van der Waals surface area contributed by atoms with E-state index in [0.29, 0.717) is 11.7 Å². The molecule has 0 aliphatic heterocycles. The molecule has 0 radical (unpaired) electrons. The van der Waals surface area contributed by atoms with Crippen molar-refractivity contribution < 1.29 is 4.79 Å². The monoisotopic (exact) mass is 308 g/mol. The maximum absolute atomic E-state index is 11.9. The van der Waals surface area contributed by atoms with Crippen molar-refractivity contribution in [2.24, 2.45) is 16.7 Å². The molecule has 1 nitrogen and oxygen atoms in total. The van der Waals surface area contributed by atoms with E-state index in [2.05, 4.69) is 52.6 Å². The van der Waals surface area contributed by atoms with Gasteiger partial charge in [-0.15, -0.1) is 0 Å². The lowest BCUT2D eigenvalue weighted by molar-refractivity contribution is -0.128. The smallest absolute Gasteiger partial charge is 0.141 e. The van der Waals surface area contributed by atoms with Crippen LogP contribution in [-0.4, -0.2) is 9.02 Å². The minimum absolute atomic E-state index is 0.122. The zero-order chi connectivity index (χ0) is 10.1. The number of alkyl halides is 2. The molecule has 0 saturated heterocycles. The standard InChI is InChI=1S/C10H14Br2O/c1-8(2)6-4-7(13)9(8,3)10(11,12)5-6/h6H,4-5H2,1-3H3. The number of carbonyl (C=O) groups excluding carboxylic acids is 1.